The summed E-state index contributed by atoms with van der Waals surface area (Å²) in [5.41, 5.74) is 0.274. The molecule has 0 spiro atoms. The van der Waals surface area contributed by atoms with E-state index in [2.05, 4.69) is 16.0 Å². The molecule has 0 saturated carbocycles. The molecule has 0 fully saturated rings. The first-order valence-electron chi connectivity index (χ1n) is 4.81. The molecule has 4 heteroatoms. The van der Waals surface area contributed by atoms with Gasteiger partial charge in [-0.25, -0.2) is 9.97 Å². The predicted molar refractivity (Wildman–Crippen MR) is 59.8 cm³/mol. The molecular formula is C11H16N4. The second-order valence-corrected chi connectivity index (χ2v) is 4.69. The first-order valence-corrected chi connectivity index (χ1v) is 4.81. The lowest BCUT2D eigenvalue weighted by Gasteiger charge is -2.19. The molecular weight excluding hydrogens is 188 g/mol. The monoisotopic (exact) mass is 204 g/mol. The highest BCUT2D eigenvalue weighted by Gasteiger charge is 2.19. The van der Waals surface area contributed by atoms with Gasteiger partial charge in [0.15, 0.2) is 0 Å². The van der Waals surface area contributed by atoms with Crippen molar-refractivity contribution >= 4 is 5.82 Å². The number of anilines is 1. The second-order valence-electron chi connectivity index (χ2n) is 4.69. The maximum Gasteiger partial charge on any atom is 0.146 e. The Labute approximate surface area is 90.6 Å². The van der Waals surface area contributed by atoms with Gasteiger partial charge in [-0.2, -0.15) is 5.26 Å². The van der Waals surface area contributed by atoms with Crippen LogP contribution in [0.4, 0.5) is 5.82 Å². The maximum absolute atomic E-state index is 8.88. The lowest BCUT2D eigenvalue weighted by Crippen LogP contribution is -2.20. The number of aromatic nitrogens is 2. The molecule has 1 aromatic rings. The average Bonchev–Trinajstić information content (AvgIpc) is 2.15. The lowest BCUT2D eigenvalue weighted by atomic mass is 9.95. The van der Waals surface area contributed by atoms with Gasteiger partial charge in [-0.1, -0.05) is 20.8 Å². The highest BCUT2D eigenvalue weighted by atomic mass is 15.2. The number of nitriles is 1. The van der Waals surface area contributed by atoms with Crippen LogP contribution in [0.1, 0.15) is 32.3 Å². The van der Waals surface area contributed by atoms with Crippen LogP contribution < -0.4 is 4.90 Å². The summed E-state index contributed by atoms with van der Waals surface area (Å²) < 4.78 is 0. The van der Waals surface area contributed by atoms with Gasteiger partial charge in [-0.3, -0.25) is 0 Å². The van der Waals surface area contributed by atoms with Crippen LogP contribution in [0.5, 0.6) is 0 Å². The molecule has 15 heavy (non-hydrogen) atoms. The molecule has 0 N–H and O–H groups in total. The molecule has 1 heterocycles. The standard InChI is InChI=1S/C11H16N4/c1-11(2,3)10-13-8(7-12)6-9(14-10)15(4)5/h6H,1-5H3. The fraction of sp³-hybridized carbons (Fsp3) is 0.545. The van der Waals surface area contributed by atoms with Crippen molar-refractivity contribution < 1.29 is 0 Å². The van der Waals surface area contributed by atoms with Crippen molar-refractivity contribution in [1.82, 2.24) is 9.97 Å². The Kier molecular flexibility index (Phi) is 2.94. The molecule has 0 aliphatic rings. The van der Waals surface area contributed by atoms with Gasteiger partial charge in [0, 0.05) is 25.6 Å². The molecule has 0 saturated heterocycles. The summed E-state index contributed by atoms with van der Waals surface area (Å²) in [6.45, 7) is 6.09. The van der Waals surface area contributed by atoms with E-state index in [1.165, 1.54) is 0 Å². The summed E-state index contributed by atoms with van der Waals surface area (Å²) in [4.78, 5) is 10.5. The van der Waals surface area contributed by atoms with Crippen LogP contribution in [-0.4, -0.2) is 24.1 Å². The van der Waals surface area contributed by atoms with Crippen LogP contribution in [0.25, 0.3) is 0 Å². The van der Waals surface area contributed by atoms with Crippen molar-refractivity contribution in [3.05, 3.63) is 17.6 Å². The van der Waals surface area contributed by atoms with Crippen molar-refractivity contribution in [3.8, 4) is 6.07 Å². The van der Waals surface area contributed by atoms with E-state index < -0.39 is 0 Å². The van der Waals surface area contributed by atoms with Gasteiger partial charge < -0.3 is 4.90 Å². The fourth-order valence-corrected chi connectivity index (χ4v) is 1.06. The van der Waals surface area contributed by atoms with Crippen molar-refractivity contribution in [1.29, 1.82) is 5.26 Å². The van der Waals surface area contributed by atoms with Crippen molar-refractivity contribution in [2.45, 2.75) is 26.2 Å². The lowest BCUT2D eigenvalue weighted by molar-refractivity contribution is 0.544. The van der Waals surface area contributed by atoms with Gasteiger partial charge in [0.25, 0.3) is 0 Å². The smallest absolute Gasteiger partial charge is 0.146 e. The zero-order valence-corrected chi connectivity index (χ0v) is 9.87. The van der Waals surface area contributed by atoms with Gasteiger partial charge in [-0.15, -0.1) is 0 Å². The van der Waals surface area contributed by atoms with Crippen molar-refractivity contribution in [2.24, 2.45) is 0 Å². The van der Waals surface area contributed by atoms with Crippen LogP contribution >= 0.6 is 0 Å². The van der Waals surface area contributed by atoms with E-state index in [-0.39, 0.29) is 5.41 Å². The first kappa shape index (κ1) is 11.4. The maximum atomic E-state index is 8.88. The van der Waals surface area contributed by atoms with E-state index >= 15 is 0 Å². The second kappa shape index (κ2) is 3.85. The van der Waals surface area contributed by atoms with E-state index in [4.69, 9.17) is 5.26 Å². The number of hydrogen-bond acceptors (Lipinski definition) is 4. The van der Waals surface area contributed by atoms with E-state index in [1.807, 2.05) is 39.8 Å². The third kappa shape index (κ3) is 2.66. The Morgan fingerprint density at radius 1 is 1.27 bits per heavy atom. The van der Waals surface area contributed by atoms with E-state index in [1.54, 1.807) is 6.07 Å². The van der Waals surface area contributed by atoms with Gasteiger partial charge in [0.2, 0.25) is 0 Å². The molecule has 0 aromatic carbocycles. The zero-order chi connectivity index (χ0) is 11.6. The minimum atomic E-state index is -0.141. The van der Waals surface area contributed by atoms with Crippen molar-refractivity contribution in [3.63, 3.8) is 0 Å². The quantitative estimate of drug-likeness (QED) is 0.698. The summed E-state index contributed by atoms with van der Waals surface area (Å²) in [5, 5.41) is 8.88. The van der Waals surface area contributed by atoms with Crippen LogP contribution in [-0.2, 0) is 5.41 Å². The summed E-state index contributed by atoms with van der Waals surface area (Å²) in [6, 6.07) is 3.75. The van der Waals surface area contributed by atoms with Gasteiger partial charge >= 0.3 is 0 Å². The van der Waals surface area contributed by atoms with Crippen LogP contribution in [0, 0.1) is 11.3 Å². The minimum absolute atomic E-state index is 0.141. The minimum Gasteiger partial charge on any atom is -0.363 e. The first-order chi connectivity index (χ1) is 6.84. The molecule has 1 rings (SSSR count). The average molecular weight is 204 g/mol. The molecule has 80 valence electrons. The summed E-state index contributed by atoms with van der Waals surface area (Å²) >= 11 is 0. The van der Waals surface area contributed by atoms with E-state index in [0.29, 0.717) is 11.5 Å². The third-order valence-electron chi connectivity index (χ3n) is 1.96. The molecule has 0 aliphatic carbocycles. The highest BCUT2D eigenvalue weighted by molar-refractivity contribution is 5.42. The highest BCUT2D eigenvalue weighted by Crippen LogP contribution is 2.20. The van der Waals surface area contributed by atoms with Gasteiger partial charge in [0.05, 0.1) is 0 Å². The summed E-state index contributed by atoms with van der Waals surface area (Å²) in [7, 11) is 3.80. The molecule has 0 amide bonds. The number of nitrogens with zero attached hydrogens (tertiary/aromatic N) is 4. The topological polar surface area (TPSA) is 52.8 Å². The fourth-order valence-electron chi connectivity index (χ4n) is 1.06. The summed E-state index contributed by atoms with van der Waals surface area (Å²) in [5.74, 6) is 1.47. The summed E-state index contributed by atoms with van der Waals surface area (Å²) in [6.07, 6.45) is 0. The van der Waals surface area contributed by atoms with Crippen molar-refractivity contribution in [2.75, 3.05) is 19.0 Å². The van der Waals surface area contributed by atoms with Gasteiger partial charge in [-0.05, 0) is 0 Å². The van der Waals surface area contributed by atoms with Crippen LogP contribution in [0.3, 0.4) is 0 Å². The molecule has 0 atom stereocenters. The van der Waals surface area contributed by atoms with E-state index in [0.717, 1.165) is 5.82 Å². The van der Waals surface area contributed by atoms with Gasteiger partial charge in [0.1, 0.15) is 23.4 Å². The van der Waals surface area contributed by atoms with Crippen LogP contribution in [0.15, 0.2) is 6.07 Å². The predicted octanol–water partition coefficient (Wildman–Crippen LogP) is 1.71. The Morgan fingerprint density at radius 2 is 1.87 bits per heavy atom. The van der Waals surface area contributed by atoms with Crippen LogP contribution in [0.2, 0.25) is 0 Å². The SMILES string of the molecule is CN(C)c1cc(C#N)nc(C(C)(C)C)n1. The molecule has 1 aromatic heterocycles. The Balaban J connectivity index is 3.32. The third-order valence-corrected chi connectivity index (χ3v) is 1.96. The molecule has 0 aliphatic heterocycles. The Bertz CT molecular complexity index is 396. The zero-order valence-electron chi connectivity index (χ0n) is 9.87. The number of rotatable bonds is 1. The Morgan fingerprint density at radius 3 is 2.27 bits per heavy atom. The molecule has 4 nitrogen and oxygen atoms in total. The molecule has 0 radical (unpaired) electrons. The molecule has 0 bridgehead atoms. The number of hydrogen-bond donors (Lipinski definition) is 0. The van der Waals surface area contributed by atoms with E-state index in [9.17, 15) is 0 Å². The Hall–Kier alpha value is -1.63. The normalized spacial score (nSPS) is 10.9. The largest absolute Gasteiger partial charge is 0.363 e. The molecule has 0 unspecified atom stereocenters.